The minimum absolute atomic E-state index is 0.0159. The van der Waals surface area contributed by atoms with Crippen molar-refractivity contribution < 1.29 is 18.7 Å². The van der Waals surface area contributed by atoms with Crippen LogP contribution in [0, 0.1) is 12.7 Å². The van der Waals surface area contributed by atoms with Crippen molar-refractivity contribution in [2.45, 2.75) is 6.92 Å². The highest BCUT2D eigenvalue weighted by atomic mass is 19.1. The Hall–Kier alpha value is -2.36. The van der Waals surface area contributed by atoms with Crippen molar-refractivity contribution in [1.29, 1.82) is 0 Å². The highest BCUT2D eigenvalue weighted by Crippen LogP contribution is 2.27. The van der Waals surface area contributed by atoms with Gasteiger partial charge in [-0.2, -0.15) is 0 Å². The number of carbonyl (C=O) groups excluding carboxylic acids is 1. The van der Waals surface area contributed by atoms with Gasteiger partial charge in [0.1, 0.15) is 17.3 Å². The number of hydrogen-bond donors (Lipinski definition) is 0. The van der Waals surface area contributed by atoms with Crippen LogP contribution < -0.4 is 9.47 Å². The lowest BCUT2D eigenvalue weighted by molar-refractivity contribution is 0.103. The lowest BCUT2D eigenvalue weighted by Crippen LogP contribution is -2.07. The Morgan fingerprint density at radius 2 is 1.75 bits per heavy atom. The minimum atomic E-state index is -0.542. The van der Waals surface area contributed by atoms with Gasteiger partial charge in [-0.25, -0.2) is 4.39 Å². The molecule has 0 bridgehead atoms. The molecule has 0 amide bonds. The zero-order valence-corrected chi connectivity index (χ0v) is 11.6. The number of benzene rings is 2. The van der Waals surface area contributed by atoms with Gasteiger partial charge in [-0.15, -0.1) is 0 Å². The third-order valence-electron chi connectivity index (χ3n) is 3.02. The molecule has 0 aliphatic rings. The molecule has 0 spiro atoms. The number of methoxy groups -OCH3 is 2. The predicted octanol–water partition coefficient (Wildman–Crippen LogP) is 3.38. The predicted molar refractivity (Wildman–Crippen MR) is 74.1 cm³/mol. The molecule has 0 aliphatic carbocycles. The largest absolute Gasteiger partial charge is 0.497 e. The Kier molecular flexibility index (Phi) is 4.03. The smallest absolute Gasteiger partial charge is 0.199 e. The van der Waals surface area contributed by atoms with Crippen LogP contribution in [-0.4, -0.2) is 20.0 Å². The average molecular weight is 274 g/mol. The monoisotopic (exact) mass is 274 g/mol. The van der Waals surface area contributed by atoms with Crippen LogP contribution in [0.1, 0.15) is 21.5 Å². The number of aryl methyl sites for hydroxylation is 1. The standard InChI is InChI=1S/C16H15FO3/c1-10-4-6-12(14(17)8-10)16(18)13-9-11(19-2)5-7-15(13)20-3/h4-9H,1-3H3. The fraction of sp³-hybridized carbons (Fsp3) is 0.188. The molecule has 104 valence electrons. The molecule has 0 saturated carbocycles. The van der Waals surface area contributed by atoms with Crippen LogP contribution in [0.25, 0.3) is 0 Å². The summed E-state index contributed by atoms with van der Waals surface area (Å²) >= 11 is 0. The van der Waals surface area contributed by atoms with Crippen molar-refractivity contribution in [3.8, 4) is 11.5 Å². The van der Waals surface area contributed by atoms with Crippen LogP contribution in [-0.2, 0) is 0 Å². The lowest BCUT2D eigenvalue weighted by atomic mass is 10.0. The summed E-state index contributed by atoms with van der Waals surface area (Å²) in [6.45, 7) is 1.77. The van der Waals surface area contributed by atoms with E-state index in [1.54, 1.807) is 31.2 Å². The summed E-state index contributed by atoms with van der Waals surface area (Å²) in [6, 6.07) is 9.36. The SMILES string of the molecule is COc1ccc(OC)c(C(=O)c2ccc(C)cc2F)c1. The first kappa shape index (κ1) is 14.1. The van der Waals surface area contributed by atoms with Crippen molar-refractivity contribution in [2.24, 2.45) is 0 Å². The molecule has 0 unspecified atom stereocenters. The number of carbonyl (C=O) groups is 1. The van der Waals surface area contributed by atoms with Crippen LogP contribution >= 0.6 is 0 Å². The minimum Gasteiger partial charge on any atom is -0.497 e. The zero-order chi connectivity index (χ0) is 14.7. The third-order valence-corrected chi connectivity index (χ3v) is 3.02. The van der Waals surface area contributed by atoms with E-state index in [0.29, 0.717) is 11.5 Å². The van der Waals surface area contributed by atoms with Gasteiger partial charge in [-0.05, 0) is 42.8 Å². The fourth-order valence-electron chi connectivity index (χ4n) is 1.94. The van der Waals surface area contributed by atoms with Gasteiger partial charge in [0.25, 0.3) is 0 Å². The van der Waals surface area contributed by atoms with Crippen molar-refractivity contribution in [1.82, 2.24) is 0 Å². The second-order valence-electron chi connectivity index (χ2n) is 4.38. The summed E-state index contributed by atoms with van der Waals surface area (Å²) in [5.74, 6) is -0.0735. The molecule has 0 aromatic heterocycles. The maximum absolute atomic E-state index is 13.9. The highest BCUT2D eigenvalue weighted by molar-refractivity contribution is 6.11. The number of ketones is 1. The maximum Gasteiger partial charge on any atom is 0.199 e. The van der Waals surface area contributed by atoms with Gasteiger partial charge < -0.3 is 9.47 Å². The van der Waals surface area contributed by atoms with Crippen LogP contribution in [0.5, 0.6) is 11.5 Å². The molecular formula is C16H15FO3. The summed E-state index contributed by atoms with van der Waals surface area (Å²) in [5, 5.41) is 0. The van der Waals surface area contributed by atoms with E-state index < -0.39 is 11.6 Å². The van der Waals surface area contributed by atoms with E-state index in [1.807, 2.05) is 0 Å². The molecule has 2 rings (SSSR count). The van der Waals surface area contributed by atoms with Gasteiger partial charge in [-0.3, -0.25) is 4.79 Å². The van der Waals surface area contributed by atoms with E-state index in [2.05, 4.69) is 0 Å². The molecule has 0 aliphatic heterocycles. The van der Waals surface area contributed by atoms with Crippen LogP contribution in [0.4, 0.5) is 4.39 Å². The summed E-state index contributed by atoms with van der Waals surface area (Å²) in [5.41, 5.74) is 1.05. The number of hydrogen-bond acceptors (Lipinski definition) is 3. The average Bonchev–Trinajstić information content (AvgIpc) is 2.46. The Morgan fingerprint density at radius 3 is 2.35 bits per heavy atom. The van der Waals surface area contributed by atoms with E-state index in [1.165, 1.54) is 26.4 Å². The van der Waals surface area contributed by atoms with Gasteiger partial charge in [0, 0.05) is 0 Å². The van der Waals surface area contributed by atoms with Gasteiger partial charge in [0.15, 0.2) is 5.78 Å². The summed E-state index contributed by atoms with van der Waals surface area (Å²) in [7, 11) is 2.96. The van der Waals surface area contributed by atoms with Crippen LogP contribution in [0.3, 0.4) is 0 Å². The van der Waals surface area contributed by atoms with E-state index in [0.717, 1.165) is 5.56 Å². The Bertz CT molecular complexity index is 650. The molecule has 0 fully saturated rings. The van der Waals surface area contributed by atoms with E-state index in [-0.39, 0.29) is 11.1 Å². The van der Waals surface area contributed by atoms with E-state index >= 15 is 0 Å². The topological polar surface area (TPSA) is 35.5 Å². The molecule has 0 saturated heterocycles. The second-order valence-corrected chi connectivity index (χ2v) is 4.38. The molecule has 0 heterocycles. The molecular weight excluding hydrogens is 259 g/mol. The highest BCUT2D eigenvalue weighted by Gasteiger charge is 2.18. The second kappa shape index (κ2) is 5.74. The number of rotatable bonds is 4. The van der Waals surface area contributed by atoms with Crippen molar-refractivity contribution in [3.63, 3.8) is 0 Å². The van der Waals surface area contributed by atoms with Crippen molar-refractivity contribution >= 4 is 5.78 Å². The number of halogens is 1. The van der Waals surface area contributed by atoms with Gasteiger partial charge >= 0.3 is 0 Å². The molecule has 0 radical (unpaired) electrons. The zero-order valence-electron chi connectivity index (χ0n) is 11.6. The fourth-order valence-corrected chi connectivity index (χ4v) is 1.94. The first-order valence-corrected chi connectivity index (χ1v) is 6.09. The molecule has 0 N–H and O–H groups in total. The molecule has 3 nitrogen and oxygen atoms in total. The molecule has 4 heteroatoms. The summed E-state index contributed by atoms with van der Waals surface area (Å²) in [4.78, 5) is 12.5. The third kappa shape index (κ3) is 2.64. The first-order chi connectivity index (χ1) is 9.56. The maximum atomic E-state index is 13.9. The van der Waals surface area contributed by atoms with Crippen molar-refractivity contribution in [2.75, 3.05) is 14.2 Å². The molecule has 2 aromatic carbocycles. The molecule has 0 atom stereocenters. The Morgan fingerprint density at radius 1 is 1.00 bits per heavy atom. The van der Waals surface area contributed by atoms with E-state index in [4.69, 9.17) is 9.47 Å². The van der Waals surface area contributed by atoms with Crippen LogP contribution in [0.15, 0.2) is 36.4 Å². The summed E-state index contributed by atoms with van der Waals surface area (Å²) < 4.78 is 24.2. The van der Waals surface area contributed by atoms with Crippen molar-refractivity contribution in [3.05, 3.63) is 58.9 Å². The van der Waals surface area contributed by atoms with Crippen LogP contribution in [0.2, 0.25) is 0 Å². The normalized spacial score (nSPS) is 10.2. The Balaban J connectivity index is 2.51. The van der Waals surface area contributed by atoms with Gasteiger partial charge in [0.05, 0.1) is 25.3 Å². The number of ether oxygens (including phenoxy) is 2. The quantitative estimate of drug-likeness (QED) is 0.802. The van der Waals surface area contributed by atoms with E-state index in [9.17, 15) is 9.18 Å². The summed E-state index contributed by atoms with van der Waals surface area (Å²) in [6.07, 6.45) is 0. The Labute approximate surface area is 117 Å². The molecule has 20 heavy (non-hydrogen) atoms. The van der Waals surface area contributed by atoms with Gasteiger partial charge in [0.2, 0.25) is 0 Å². The van der Waals surface area contributed by atoms with Gasteiger partial charge in [-0.1, -0.05) is 6.07 Å². The molecule has 2 aromatic rings. The lowest BCUT2D eigenvalue weighted by Gasteiger charge is -2.10. The first-order valence-electron chi connectivity index (χ1n) is 6.09.